The van der Waals surface area contributed by atoms with Gasteiger partial charge >= 0.3 is 6.18 Å². The van der Waals surface area contributed by atoms with Crippen molar-refractivity contribution in [3.63, 3.8) is 0 Å². The summed E-state index contributed by atoms with van der Waals surface area (Å²) in [6.07, 6.45) is 1.33. The van der Waals surface area contributed by atoms with Gasteiger partial charge in [-0.3, -0.25) is 4.79 Å². The number of carbonyl (C=O) groups is 1. The van der Waals surface area contributed by atoms with Gasteiger partial charge in [-0.15, -0.1) is 5.10 Å². The summed E-state index contributed by atoms with van der Waals surface area (Å²) >= 11 is 6.10. The van der Waals surface area contributed by atoms with Gasteiger partial charge in [0.1, 0.15) is 18.1 Å². The van der Waals surface area contributed by atoms with Crippen LogP contribution in [0.4, 0.5) is 23.2 Å². The van der Waals surface area contributed by atoms with Crippen LogP contribution in [0.1, 0.15) is 30.1 Å². The van der Waals surface area contributed by atoms with Crippen LogP contribution in [0.2, 0.25) is 5.02 Å². The first kappa shape index (κ1) is 24.6. The first-order valence-electron chi connectivity index (χ1n) is 11.9. The fourth-order valence-electron chi connectivity index (χ4n) is 5.32. The average Bonchev–Trinajstić information content (AvgIpc) is 3.18. The molecule has 2 unspecified atom stereocenters. The Morgan fingerprint density at radius 3 is 2.63 bits per heavy atom. The summed E-state index contributed by atoms with van der Waals surface area (Å²) in [5.74, 6) is -1.07. The Morgan fingerprint density at radius 1 is 1.13 bits per heavy atom. The summed E-state index contributed by atoms with van der Waals surface area (Å²) in [5.41, 5.74) is 1.73. The number of fused-ring (bicyclic) bond motifs is 1. The molecule has 0 bridgehead atoms. The molecule has 196 valence electrons. The van der Waals surface area contributed by atoms with Gasteiger partial charge in [0.15, 0.2) is 0 Å². The molecule has 0 saturated heterocycles. The van der Waals surface area contributed by atoms with Gasteiger partial charge in [-0.1, -0.05) is 22.9 Å². The molecule has 7 nitrogen and oxygen atoms in total. The van der Waals surface area contributed by atoms with Crippen LogP contribution in [0.3, 0.4) is 0 Å². The van der Waals surface area contributed by atoms with Crippen molar-refractivity contribution in [3.05, 3.63) is 77.2 Å². The fraction of sp³-hybridized carbons (Fsp3) is 0.308. The van der Waals surface area contributed by atoms with E-state index in [0.29, 0.717) is 46.8 Å². The number of nitrogens with zero attached hydrogens (tertiary/aromatic N) is 6. The van der Waals surface area contributed by atoms with E-state index in [1.165, 1.54) is 29.2 Å². The molecule has 38 heavy (non-hydrogen) atoms. The monoisotopic (exact) mass is 544 g/mol. The van der Waals surface area contributed by atoms with E-state index in [4.69, 9.17) is 11.6 Å². The molecule has 2 aliphatic rings. The van der Waals surface area contributed by atoms with Crippen molar-refractivity contribution >= 4 is 23.2 Å². The maximum Gasteiger partial charge on any atom is 0.406 e. The normalized spacial score (nSPS) is 21.1. The second-order valence-corrected chi connectivity index (χ2v) is 10.3. The molecular formula is C26H21ClF4N6O. The predicted octanol–water partition coefficient (Wildman–Crippen LogP) is 5.70. The highest BCUT2D eigenvalue weighted by molar-refractivity contribution is 6.30. The molecule has 1 aliphatic heterocycles. The maximum absolute atomic E-state index is 14.9. The zero-order chi connectivity index (χ0) is 26.8. The molecule has 12 heteroatoms. The number of anilines is 1. The summed E-state index contributed by atoms with van der Waals surface area (Å²) in [6.45, 7) is 0.417. The van der Waals surface area contributed by atoms with Gasteiger partial charge in [0.25, 0.3) is 0 Å². The Hall–Kier alpha value is -3.73. The van der Waals surface area contributed by atoms with Crippen LogP contribution >= 0.6 is 11.6 Å². The summed E-state index contributed by atoms with van der Waals surface area (Å²) in [5, 5.41) is 8.71. The van der Waals surface area contributed by atoms with Crippen LogP contribution in [0.15, 0.2) is 55.1 Å². The van der Waals surface area contributed by atoms with Crippen molar-refractivity contribution in [2.75, 3.05) is 11.4 Å². The number of imidazole rings is 1. The standard InChI is InChI=1S/C26H21ClF4N6O/c1-15-11-35(14-32-15)22-4-2-16(9-19(22)28)20-12-37(34-33-20)23-10-25(23)7-6-17-8-18(27)3-5-21(17)36(24(25)38)13-26(29,30)31/h2-5,8-9,11-12,14,23H,6-7,10,13H2,1H3. The molecule has 0 N–H and O–H groups in total. The van der Waals surface area contributed by atoms with Gasteiger partial charge in [0.05, 0.1) is 35.4 Å². The molecule has 1 fully saturated rings. The lowest BCUT2D eigenvalue weighted by Crippen LogP contribution is -2.43. The van der Waals surface area contributed by atoms with Gasteiger partial charge in [0.2, 0.25) is 5.91 Å². The molecule has 2 atom stereocenters. The SMILES string of the molecule is Cc1cn(-c2ccc(-c3cn(C4CC45CCc4cc(Cl)ccc4N(CC(F)(F)F)C5=O)nn3)cc2F)cn1. The minimum Gasteiger partial charge on any atom is -0.303 e. The lowest BCUT2D eigenvalue weighted by Gasteiger charge is -2.27. The Balaban J connectivity index is 1.28. The van der Waals surface area contributed by atoms with Crippen molar-refractivity contribution in [1.29, 1.82) is 0 Å². The van der Waals surface area contributed by atoms with Crippen molar-refractivity contribution < 1.29 is 22.4 Å². The van der Waals surface area contributed by atoms with Gasteiger partial charge in [-0.05, 0) is 62.1 Å². The third kappa shape index (κ3) is 4.24. The van der Waals surface area contributed by atoms with E-state index >= 15 is 0 Å². The summed E-state index contributed by atoms with van der Waals surface area (Å²) in [4.78, 5) is 18.5. The van der Waals surface area contributed by atoms with E-state index in [-0.39, 0.29) is 5.69 Å². The number of rotatable bonds is 4. The number of halogens is 5. The lowest BCUT2D eigenvalue weighted by atomic mass is 9.96. The largest absolute Gasteiger partial charge is 0.406 e. The molecule has 1 aliphatic carbocycles. The van der Waals surface area contributed by atoms with Crippen LogP contribution in [-0.2, 0) is 11.2 Å². The lowest BCUT2D eigenvalue weighted by molar-refractivity contribution is -0.136. The van der Waals surface area contributed by atoms with Crippen LogP contribution < -0.4 is 4.90 Å². The number of benzene rings is 2. The number of aromatic nitrogens is 5. The van der Waals surface area contributed by atoms with Gasteiger partial charge in [0, 0.05) is 22.5 Å². The van der Waals surface area contributed by atoms with Crippen LogP contribution in [-0.4, -0.2) is 43.2 Å². The highest BCUT2D eigenvalue weighted by Gasteiger charge is 2.64. The maximum atomic E-state index is 14.9. The van der Waals surface area contributed by atoms with E-state index in [0.717, 1.165) is 10.6 Å². The third-order valence-corrected chi connectivity index (χ3v) is 7.51. The predicted molar refractivity (Wildman–Crippen MR) is 132 cm³/mol. The number of alkyl halides is 3. The summed E-state index contributed by atoms with van der Waals surface area (Å²) in [6, 6.07) is 8.75. The van der Waals surface area contributed by atoms with E-state index in [2.05, 4.69) is 15.3 Å². The van der Waals surface area contributed by atoms with E-state index < -0.39 is 35.9 Å². The molecule has 2 aromatic carbocycles. The van der Waals surface area contributed by atoms with Crippen molar-refractivity contribution in [3.8, 4) is 16.9 Å². The average molecular weight is 545 g/mol. The molecule has 2 aromatic heterocycles. The molecule has 3 heterocycles. The zero-order valence-corrected chi connectivity index (χ0v) is 20.8. The molecule has 1 amide bonds. The van der Waals surface area contributed by atoms with Crippen LogP contribution in [0.25, 0.3) is 16.9 Å². The molecule has 0 radical (unpaired) electrons. The smallest absolute Gasteiger partial charge is 0.303 e. The Bertz CT molecular complexity index is 1560. The van der Waals surface area contributed by atoms with Crippen LogP contribution in [0, 0.1) is 18.2 Å². The number of hydrogen-bond donors (Lipinski definition) is 0. The third-order valence-electron chi connectivity index (χ3n) is 7.28. The molecule has 1 saturated carbocycles. The first-order valence-corrected chi connectivity index (χ1v) is 12.3. The highest BCUT2D eigenvalue weighted by atomic mass is 35.5. The Kier molecular flexibility index (Phi) is 5.60. The minimum absolute atomic E-state index is 0.224. The zero-order valence-electron chi connectivity index (χ0n) is 20.1. The van der Waals surface area contributed by atoms with Crippen molar-refractivity contribution in [2.24, 2.45) is 5.41 Å². The van der Waals surface area contributed by atoms with Gasteiger partial charge in [-0.25, -0.2) is 14.1 Å². The minimum atomic E-state index is -4.57. The van der Waals surface area contributed by atoms with Crippen molar-refractivity contribution in [2.45, 2.75) is 38.4 Å². The Morgan fingerprint density at radius 2 is 1.92 bits per heavy atom. The molecule has 4 aromatic rings. The first-order chi connectivity index (χ1) is 18.0. The summed E-state index contributed by atoms with van der Waals surface area (Å²) in [7, 11) is 0. The number of aryl methyl sites for hydroxylation is 2. The Labute approximate surface area is 219 Å². The molecular weight excluding hydrogens is 524 g/mol. The molecule has 6 rings (SSSR count). The van der Waals surface area contributed by atoms with E-state index in [9.17, 15) is 22.4 Å². The molecule has 1 spiro atoms. The number of amides is 1. The van der Waals surface area contributed by atoms with Gasteiger partial charge < -0.3 is 9.47 Å². The second kappa shape index (κ2) is 8.65. The number of carbonyl (C=O) groups excluding carboxylic acids is 1. The summed E-state index contributed by atoms with van der Waals surface area (Å²) < 4.78 is 58.4. The fourth-order valence-corrected chi connectivity index (χ4v) is 5.51. The van der Waals surface area contributed by atoms with Crippen molar-refractivity contribution in [1.82, 2.24) is 24.5 Å². The van der Waals surface area contributed by atoms with E-state index in [1.807, 2.05) is 0 Å². The quantitative estimate of drug-likeness (QED) is 0.309. The highest BCUT2D eigenvalue weighted by Crippen LogP contribution is 2.62. The van der Waals surface area contributed by atoms with E-state index in [1.54, 1.807) is 42.1 Å². The second-order valence-electron chi connectivity index (χ2n) is 9.83. The van der Waals surface area contributed by atoms with Gasteiger partial charge in [-0.2, -0.15) is 13.2 Å². The topological polar surface area (TPSA) is 68.8 Å². The number of hydrogen-bond acceptors (Lipinski definition) is 4. The van der Waals surface area contributed by atoms with Crippen LogP contribution in [0.5, 0.6) is 0 Å².